The highest BCUT2D eigenvalue weighted by atomic mass is 32.2. The van der Waals surface area contributed by atoms with Gasteiger partial charge in [0.1, 0.15) is 9.84 Å². The fourth-order valence-corrected chi connectivity index (χ4v) is 5.85. The average molecular weight is 417 g/mol. The molecule has 0 aromatic heterocycles. The predicted molar refractivity (Wildman–Crippen MR) is 99.8 cm³/mol. The molecule has 0 unspecified atom stereocenters. The standard InChI is InChI=1S/C17H24N2O6S2/c1-26(21,22)15-6-8-18(9-7-15)17(20)14-2-4-16(5-3-14)27(23,24)19-10-12-25-13-11-19/h2-5,15H,6-13H2,1H3. The van der Waals surface area contributed by atoms with Gasteiger partial charge in [0.25, 0.3) is 5.91 Å². The van der Waals surface area contributed by atoms with E-state index in [0.717, 1.165) is 0 Å². The van der Waals surface area contributed by atoms with Crippen LogP contribution in [0.4, 0.5) is 0 Å². The summed E-state index contributed by atoms with van der Waals surface area (Å²) in [6.07, 6.45) is 2.07. The van der Waals surface area contributed by atoms with Gasteiger partial charge in [-0.3, -0.25) is 4.79 Å². The summed E-state index contributed by atoms with van der Waals surface area (Å²) in [5.41, 5.74) is 0.397. The van der Waals surface area contributed by atoms with Gasteiger partial charge in [-0.2, -0.15) is 4.31 Å². The zero-order valence-corrected chi connectivity index (χ0v) is 16.8. The van der Waals surface area contributed by atoms with E-state index in [1.54, 1.807) is 4.90 Å². The molecule has 2 heterocycles. The van der Waals surface area contributed by atoms with Crippen molar-refractivity contribution in [2.75, 3.05) is 45.6 Å². The molecule has 2 saturated heterocycles. The van der Waals surface area contributed by atoms with Crippen LogP contribution >= 0.6 is 0 Å². The number of amides is 1. The van der Waals surface area contributed by atoms with E-state index >= 15 is 0 Å². The Morgan fingerprint density at radius 1 is 0.963 bits per heavy atom. The summed E-state index contributed by atoms with van der Waals surface area (Å²) in [5.74, 6) is -0.211. The molecular weight excluding hydrogens is 392 g/mol. The van der Waals surface area contributed by atoms with Gasteiger partial charge in [-0.15, -0.1) is 0 Å². The fourth-order valence-electron chi connectivity index (χ4n) is 3.38. The Morgan fingerprint density at radius 2 is 1.52 bits per heavy atom. The van der Waals surface area contributed by atoms with E-state index in [4.69, 9.17) is 4.74 Å². The Balaban J connectivity index is 1.67. The molecule has 0 radical (unpaired) electrons. The number of hydrogen-bond donors (Lipinski definition) is 0. The second-order valence-electron chi connectivity index (χ2n) is 6.86. The van der Waals surface area contributed by atoms with Crippen LogP contribution in [0.3, 0.4) is 0 Å². The molecule has 0 spiro atoms. The van der Waals surface area contributed by atoms with Crippen LogP contribution in [-0.2, 0) is 24.6 Å². The van der Waals surface area contributed by atoms with Crippen molar-refractivity contribution in [3.8, 4) is 0 Å². The number of ether oxygens (including phenoxy) is 1. The average Bonchev–Trinajstić information content (AvgIpc) is 2.67. The quantitative estimate of drug-likeness (QED) is 0.702. The smallest absolute Gasteiger partial charge is 0.253 e. The SMILES string of the molecule is CS(=O)(=O)C1CCN(C(=O)c2ccc(S(=O)(=O)N3CCOCC3)cc2)CC1. The van der Waals surface area contributed by atoms with Gasteiger partial charge < -0.3 is 9.64 Å². The normalized spacial score (nSPS) is 20.6. The van der Waals surface area contributed by atoms with Crippen LogP contribution in [0.5, 0.6) is 0 Å². The Labute approximate surface area is 160 Å². The van der Waals surface area contributed by atoms with Gasteiger partial charge in [0.05, 0.1) is 23.4 Å². The van der Waals surface area contributed by atoms with E-state index in [1.807, 2.05) is 0 Å². The number of nitrogens with zero attached hydrogens (tertiary/aromatic N) is 2. The van der Waals surface area contributed by atoms with Crippen molar-refractivity contribution >= 4 is 25.8 Å². The van der Waals surface area contributed by atoms with E-state index in [9.17, 15) is 21.6 Å². The van der Waals surface area contributed by atoms with Crippen molar-refractivity contribution in [2.24, 2.45) is 0 Å². The third-order valence-corrected chi connectivity index (χ3v) is 8.64. The maximum atomic E-state index is 12.6. The van der Waals surface area contributed by atoms with Gasteiger partial charge in [-0.25, -0.2) is 16.8 Å². The maximum Gasteiger partial charge on any atom is 0.253 e. The number of likely N-dealkylation sites (tertiary alicyclic amines) is 1. The Hall–Kier alpha value is -1.49. The largest absolute Gasteiger partial charge is 0.379 e. The van der Waals surface area contributed by atoms with Crippen molar-refractivity contribution in [1.29, 1.82) is 0 Å². The van der Waals surface area contributed by atoms with Crippen LogP contribution in [0.25, 0.3) is 0 Å². The van der Waals surface area contributed by atoms with Gasteiger partial charge in [0.2, 0.25) is 10.0 Å². The number of sulfone groups is 1. The predicted octanol–water partition coefficient (Wildman–Crippen LogP) is 0.357. The molecule has 2 fully saturated rings. The Bertz CT molecular complexity index is 882. The first-order chi connectivity index (χ1) is 12.7. The molecule has 1 amide bonds. The fraction of sp³-hybridized carbons (Fsp3) is 0.588. The van der Waals surface area contributed by atoms with E-state index in [1.165, 1.54) is 34.8 Å². The molecule has 1 aromatic carbocycles. The molecule has 1 aromatic rings. The van der Waals surface area contributed by atoms with E-state index in [0.29, 0.717) is 57.8 Å². The van der Waals surface area contributed by atoms with Gasteiger partial charge in [0.15, 0.2) is 0 Å². The molecule has 0 saturated carbocycles. The van der Waals surface area contributed by atoms with E-state index in [-0.39, 0.29) is 10.8 Å². The van der Waals surface area contributed by atoms with Crippen LogP contribution in [-0.4, -0.2) is 82.8 Å². The zero-order chi connectivity index (χ0) is 19.7. The van der Waals surface area contributed by atoms with E-state index in [2.05, 4.69) is 0 Å². The van der Waals surface area contributed by atoms with Gasteiger partial charge in [-0.05, 0) is 37.1 Å². The summed E-state index contributed by atoms with van der Waals surface area (Å²) in [5, 5.41) is -0.400. The molecule has 0 N–H and O–H groups in total. The minimum Gasteiger partial charge on any atom is -0.379 e. The van der Waals surface area contributed by atoms with Crippen molar-refractivity contribution in [2.45, 2.75) is 23.0 Å². The lowest BCUT2D eigenvalue weighted by Crippen LogP contribution is -2.42. The summed E-state index contributed by atoms with van der Waals surface area (Å²) >= 11 is 0. The summed E-state index contributed by atoms with van der Waals surface area (Å²) in [6, 6.07) is 5.92. The Morgan fingerprint density at radius 3 is 2.04 bits per heavy atom. The molecule has 0 atom stereocenters. The van der Waals surface area contributed by atoms with Crippen LogP contribution in [0.2, 0.25) is 0 Å². The van der Waals surface area contributed by atoms with E-state index < -0.39 is 25.1 Å². The minimum atomic E-state index is -3.59. The topological polar surface area (TPSA) is 101 Å². The highest BCUT2D eigenvalue weighted by Crippen LogP contribution is 2.21. The number of hydrogen-bond acceptors (Lipinski definition) is 6. The van der Waals surface area contributed by atoms with Crippen molar-refractivity contribution in [3.05, 3.63) is 29.8 Å². The van der Waals surface area contributed by atoms with Crippen LogP contribution in [0.15, 0.2) is 29.2 Å². The molecule has 0 bridgehead atoms. The number of morpholine rings is 1. The first kappa shape index (κ1) is 20.2. The Kier molecular flexibility index (Phi) is 5.90. The molecule has 2 aliphatic rings. The second-order valence-corrected chi connectivity index (χ2v) is 11.1. The third kappa shape index (κ3) is 4.50. The van der Waals surface area contributed by atoms with Crippen LogP contribution in [0.1, 0.15) is 23.2 Å². The molecule has 10 heteroatoms. The first-order valence-corrected chi connectivity index (χ1v) is 12.2. The lowest BCUT2D eigenvalue weighted by Gasteiger charge is -2.31. The number of sulfonamides is 1. The highest BCUT2D eigenvalue weighted by Gasteiger charge is 2.30. The maximum absolute atomic E-state index is 12.6. The molecule has 0 aliphatic carbocycles. The van der Waals surface area contributed by atoms with Crippen molar-refractivity contribution in [3.63, 3.8) is 0 Å². The number of carbonyl (C=O) groups excluding carboxylic acids is 1. The summed E-state index contributed by atoms with van der Waals surface area (Å²) in [4.78, 5) is 14.4. The first-order valence-electron chi connectivity index (χ1n) is 8.86. The number of rotatable bonds is 4. The monoisotopic (exact) mass is 416 g/mol. The minimum absolute atomic E-state index is 0.150. The van der Waals surface area contributed by atoms with Crippen LogP contribution in [0, 0.1) is 0 Å². The van der Waals surface area contributed by atoms with Crippen molar-refractivity contribution in [1.82, 2.24) is 9.21 Å². The summed E-state index contributed by atoms with van der Waals surface area (Å²) < 4.78 is 55.0. The lowest BCUT2D eigenvalue weighted by atomic mass is 10.1. The molecule has 3 rings (SSSR count). The zero-order valence-electron chi connectivity index (χ0n) is 15.2. The third-order valence-electron chi connectivity index (χ3n) is 5.04. The van der Waals surface area contributed by atoms with Crippen molar-refractivity contribution < 1.29 is 26.4 Å². The molecular formula is C17H24N2O6S2. The van der Waals surface area contributed by atoms with Crippen LogP contribution < -0.4 is 0 Å². The summed E-state index contributed by atoms with van der Waals surface area (Å²) in [7, 11) is -6.68. The number of benzene rings is 1. The highest BCUT2D eigenvalue weighted by molar-refractivity contribution is 7.91. The van der Waals surface area contributed by atoms with Gasteiger partial charge in [-0.1, -0.05) is 0 Å². The number of piperidine rings is 1. The lowest BCUT2D eigenvalue weighted by molar-refractivity contribution is 0.0725. The molecule has 27 heavy (non-hydrogen) atoms. The molecule has 150 valence electrons. The van der Waals surface area contributed by atoms with Gasteiger partial charge in [0, 0.05) is 38.0 Å². The molecule has 8 nitrogen and oxygen atoms in total. The second kappa shape index (κ2) is 7.86. The number of carbonyl (C=O) groups is 1. The summed E-state index contributed by atoms with van der Waals surface area (Å²) in [6.45, 7) is 2.14. The van der Waals surface area contributed by atoms with Gasteiger partial charge >= 0.3 is 0 Å². The molecule has 2 aliphatic heterocycles.